The summed E-state index contributed by atoms with van der Waals surface area (Å²) in [5.74, 6) is -1.91. The predicted octanol–water partition coefficient (Wildman–Crippen LogP) is 0.937. The van der Waals surface area contributed by atoms with Crippen LogP contribution in [0.3, 0.4) is 0 Å². The second-order valence-corrected chi connectivity index (χ2v) is 11.1. The summed E-state index contributed by atoms with van der Waals surface area (Å²) in [5.41, 5.74) is -0.145. The zero-order chi connectivity index (χ0) is 23.4. The van der Waals surface area contributed by atoms with Gasteiger partial charge >= 0.3 is 16.3 Å². The van der Waals surface area contributed by atoms with E-state index in [1.54, 1.807) is 9.62 Å². The van der Waals surface area contributed by atoms with E-state index in [0.29, 0.717) is 48.0 Å². The van der Waals surface area contributed by atoms with Gasteiger partial charge in [-0.15, -0.1) is 0 Å². The third kappa shape index (κ3) is 4.33. The number of likely N-dealkylation sites (tertiary alicyclic amines) is 1. The van der Waals surface area contributed by atoms with Gasteiger partial charge in [0.25, 0.3) is 5.91 Å². The van der Waals surface area contributed by atoms with Crippen LogP contribution in [-0.2, 0) is 32.7 Å². The molecule has 1 aromatic rings. The number of phenolic OH excluding ortho intramolecular Hbond substituents is 1. The van der Waals surface area contributed by atoms with Gasteiger partial charge in [0.2, 0.25) is 0 Å². The Kier molecular flexibility index (Phi) is 5.48. The third-order valence-corrected chi connectivity index (χ3v) is 7.07. The Labute approximate surface area is 186 Å². The van der Waals surface area contributed by atoms with Crippen molar-refractivity contribution in [3.63, 3.8) is 0 Å². The summed E-state index contributed by atoms with van der Waals surface area (Å²) >= 11 is 0. The molecule has 10 nitrogen and oxygen atoms in total. The van der Waals surface area contributed by atoms with Crippen LogP contribution in [0.25, 0.3) is 0 Å². The van der Waals surface area contributed by atoms with Crippen LogP contribution >= 0.6 is 0 Å². The maximum absolute atomic E-state index is 15.4. The molecule has 12 heteroatoms. The molecule has 2 fully saturated rings. The van der Waals surface area contributed by atoms with Gasteiger partial charge in [-0.05, 0) is 38.8 Å². The predicted molar refractivity (Wildman–Crippen MR) is 113 cm³/mol. The fourth-order valence-corrected chi connectivity index (χ4v) is 5.42. The van der Waals surface area contributed by atoms with Gasteiger partial charge in [-0.3, -0.25) is 9.69 Å². The summed E-state index contributed by atoms with van der Waals surface area (Å²) in [7, 11) is -4.24. The number of nitrogens with zero attached hydrogens (tertiary/aromatic N) is 3. The molecule has 176 valence electrons. The number of benzene rings is 1. The Balaban J connectivity index is 1.44. The van der Waals surface area contributed by atoms with Crippen molar-refractivity contribution < 1.29 is 32.2 Å². The van der Waals surface area contributed by atoms with Gasteiger partial charge in [-0.2, -0.15) is 8.42 Å². The lowest BCUT2D eigenvalue weighted by Gasteiger charge is -2.42. The lowest BCUT2D eigenvalue weighted by Crippen LogP contribution is -2.55. The minimum atomic E-state index is -4.24. The summed E-state index contributed by atoms with van der Waals surface area (Å²) < 4.78 is 47.3. The Morgan fingerprint density at radius 1 is 1.31 bits per heavy atom. The Morgan fingerprint density at radius 2 is 2.00 bits per heavy atom. The maximum atomic E-state index is 15.4. The number of anilines is 1. The molecule has 0 atom stereocenters. The zero-order valence-electron chi connectivity index (χ0n) is 18.2. The van der Waals surface area contributed by atoms with Crippen molar-refractivity contribution >= 4 is 27.9 Å². The first-order chi connectivity index (χ1) is 14.8. The summed E-state index contributed by atoms with van der Waals surface area (Å²) in [6.45, 7) is 7.51. The number of phenols is 1. The maximum Gasteiger partial charge on any atom is 0.410 e. The summed E-state index contributed by atoms with van der Waals surface area (Å²) in [6, 6.07) is 1.37. The molecule has 2 N–H and O–H groups in total. The van der Waals surface area contributed by atoms with E-state index < -0.39 is 45.5 Å². The monoisotopic (exact) mass is 470 g/mol. The summed E-state index contributed by atoms with van der Waals surface area (Å²) in [6.07, 6.45) is 0.144. The molecule has 0 aliphatic carbocycles. The molecule has 0 radical (unpaired) electrons. The highest BCUT2D eigenvalue weighted by Gasteiger charge is 2.40. The standard InChI is InChI=1S/C20H27FN4O6S/c1-20(2,3)31-19(28)24-8-12(9-24)7-23-5-4-13-6-15(26)18(17(21)14(13)10-23)25-11-16(27)22-32(25,29)30/h6,12,26H,4-5,7-11H2,1-3H3,(H,22,27). The highest BCUT2D eigenvalue weighted by Crippen LogP contribution is 2.39. The van der Waals surface area contributed by atoms with E-state index in [1.165, 1.54) is 6.07 Å². The number of carbonyl (C=O) groups is 2. The quantitative estimate of drug-likeness (QED) is 0.675. The molecule has 3 aliphatic heterocycles. The number of nitrogens with one attached hydrogen (secondary N) is 1. The number of fused-ring (bicyclic) bond motifs is 1. The molecule has 3 heterocycles. The average molecular weight is 471 g/mol. The van der Waals surface area contributed by atoms with Crippen LogP contribution in [0, 0.1) is 11.7 Å². The molecule has 32 heavy (non-hydrogen) atoms. The molecule has 0 saturated carbocycles. The van der Waals surface area contributed by atoms with Gasteiger partial charge in [0.1, 0.15) is 23.6 Å². The average Bonchev–Trinajstić information content (AvgIpc) is 2.88. The van der Waals surface area contributed by atoms with Crippen LogP contribution in [0.15, 0.2) is 6.07 Å². The van der Waals surface area contributed by atoms with Crippen molar-refractivity contribution in [2.24, 2.45) is 5.92 Å². The van der Waals surface area contributed by atoms with E-state index in [1.807, 2.05) is 25.7 Å². The lowest BCUT2D eigenvalue weighted by atomic mass is 9.94. The molecular formula is C20H27FN4O6S. The smallest absolute Gasteiger partial charge is 0.410 e. The number of amides is 2. The molecule has 2 saturated heterocycles. The number of carbonyl (C=O) groups excluding carboxylic acids is 2. The molecule has 0 spiro atoms. The summed E-state index contributed by atoms with van der Waals surface area (Å²) in [4.78, 5) is 27.3. The number of rotatable bonds is 3. The second kappa shape index (κ2) is 7.77. The molecule has 0 aromatic heterocycles. The van der Waals surface area contributed by atoms with Crippen LogP contribution < -0.4 is 9.03 Å². The first-order valence-corrected chi connectivity index (χ1v) is 11.8. The van der Waals surface area contributed by atoms with Crippen LogP contribution in [0.5, 0.6) is 5.75 Å². The fraction of sp³-hybridized carbons (Fsp3) is 0.600. The van der Waals surface area contributed by atoms with Crippen LogP contribution in [-0.4, -0.2) is 73.6 Å². The molecule has 0 unspecified atom stereocenters. The lowest BCUT2D eigenvalue weighted by molar-refractivity contribution is -0.117. The molecule has 3 aliphatic rings. The first kappa shape index (κ1) is 22.6. The largest absolute Gasteiger partial charge is 0.506 e. The highest BCUT2D eigenvalue weighted by atomic mass is 32.2. The van der Waals surface area contributed by atoms with Crippen molar-refractivity contribution in [2.45, 2.75) is 39.3 Å². The van der Waals surface area contributed by atoms with E-state index in [2.05, 4.69) is 0 Å². The van der Waals surface area contributed by atoms with Crippen LogP contribution in [0.2, 0.25) is 0 Å². The van der Waals surface area contributed by atoms with Gasteiger partial charge in [0.15, 0.2) is 5.82 Å². The molecular weight excluding hydrogens is 443 g/mol. The van der Waals surface area contributed by atoms with Crippen molar-refractivity contribution in [3.05, 3.63) is 23.0 Å². The Hall–Kier alpha value is -2.60. The van der Waals surface area contributed by atoms with E-state index in [-0.39, 0.29) is 18.6 Å². The van der Waals surface area contributed by atoms with Crippen LogP contribution in [0.4, 0.5) is 14.9 Å². The third-order valence-electron chi connectivity index (χ3n) is 5.69. The normalized spacial score (nSPS) is 21.2. The molecule has 1 aromatic carbocycles. The van der Waals surface area contributed by atoms with E-state index >= 15 is 4.39 Å². The second-order valence-electron chi connectivity index (χ2n) is 9.47. The number of hydrogen-bond acceptors (Lipinski definition) is 7. The first-order valence-electron chi connectivity index (χ1n) is 10.4. The van der Waals surface area contributed by atoms with Gasteiger partial charge < -0.3 is 14.7 Å². The van der Waals surface area contributed by atoms with E-state index in [0.717, 1.165) is 0 Å². The van der Waals surface area contributed by atoms with Gasteiger partial charge in [0.05, 0.1) is 0 Å². The van der Waals surface area contributed by atoms with Crippen molar-refractivity contribution in [1.82, 2.24) is 14.5 Å². The summed E-state index contributed by atoms with van der Waals surface area (Å²) in [5, 5.41) is 10.3. The van der Waals surface area contributed by atoms with Gasteiger partial charge in [-0.25, -0.2) is 18.2 Å². The molecule has 4 rings (SSSR count). The Bertz CT molecular complexity index is 1060. The number of ether oxygens (including phenoxy) is 1. The topological polar surface area (TPSA) is 119 Å². The minimum absolute atomic E-state index is 0.226. The molecule has 2 amide bonds. The van der Waals surface area contributed by atoms with E-state index in [9.17, 15) is 23.1 Å². The Morgan fingerprint density at radius 3 is 2.59 bits per heavy atom. The van der Waals surface area contributed by atoms with Crippen LogP contribution in [0.1, 0.15) is 31.9 Å². The minimum Gasteiger partial charge on any atom is -0.506 e. The SMILES string of the molecule is CC(C)(C)OC(=O)N1CC(CN2CCc3cc(O)c(N4CC(=O)NS4(=O)=O)c(F)c3C2)C1. The fourth-order valence-electron chi connectivity index (χ4n) is 4.26. The number of aromatic hydroxyl groups is 1. The van der Waals surface area contributed by atoms with Crippen molar-refractivity contribution in [1.29, 1.82) is 0 Å². The number of halogens is 1. The molecule has 0 bridgehead atoms. The number of hydrogen-bond donors (Lipinski definition) is 2. The van der Waals surface area contributed by atoms with Crippen molar-refractivity contribution in [2.75, 3.05) is 37.0 Å². The van der Waals surface area contributed by atoms with Gasteiger partial charge in [-0.1, -0.05) is 0 Å². The van der Waals surface area contributed by atoms with Crippen molar-refractivity contribution in [3.8, 4) is 5.75 Å². The highest BCUT2D eigenvalue weighted by molar-refractivity contribution is 7.92. The van der Waals surface area contributed by atoms with Gasteiger partial charge in [0, 0.05) is 44.2 Å². The zero-order valence-corrected chi connectivity index (χ0v) is 19.0. The van der Waals surface area contributed by atoms with E-state index in [4.69, 9.17) is 4.74 Å².